The van der Waals surface area contributed by atoms with Crippen molar-refractivity contribution in [3.05, 3.63) is 139 Å². The highest BCUT2D eigenvalue weighted by Gasteiger charge is 2.11. The second-order valence-electron chi connectivity index (χ2n) is 9.02. The topological polar surface area (TPSA) is 55.6 Å². The first-order valence-corrected chi connectivity index (χ1v) is 14.3. The van der Waals surface area contributed by atoms with Gasteiger partial charge < -0.3 is 9.30 Å². The number of carbonyl (C=O) groups excluding carboxylic acids is 1. The highest BCUT2D eigenvalue weighted by Crippen LogP contribution is 2.27. The Morgan fingerprint density at radius 3 is 2.45 bits per heavy atom. The Morgan fingerprint density at radius 1 is 0.950 bits per heavy atom. The molecule has 0 saturated carbocycles. The Labute approximate surface area is 256 Å². The Hall–Kier alpha value is -3.59. The second kappa shape index (κ2) is 12.7. The third-order valence-electron chi connectivity index (χ3n) is 6.27. The van der Waals surface area contributed by atoms with Crippen LogP contribution in [0.1, 0.15) is 27.2 Å². The standard InChI is InChI=1S/C32H24Cl2IN3O2/c1-21-7-15-30(23-5-3-2-4-6-23)38(21)27-13-10-24(11-14-27)32(39)37-36-19-22-8-16-31(29(35)17-22)40-20-25-9-12-26(33)18-28(25)34/h2-19H,20H2,1H3,(H,37,39)/b36-19+. The van der Waals surface area contributed by atoms with Crippen LogP contribution >= 0.6 is 45.8 Å². The number of hydrazone groups is 1. The third kappa shape index (κ3) is 6.58. The summed E-state index contributed by atoms with van der Waals surface area (Å²) in [5.74, 6) is 0.436. The number of aryl methyl sites for hydroxylation is 1. The molecule has 8 heteroatoms. The van der Waals surface area contributed by atoms with Crippen LogP contribution in [0.3, 0.4) is 0 Å². The van der Waals surface area contributed by atoms with Crippen LogP contribution in [0.25, 0.3) is 16.9 Å². The van der Waals surface area contributed by atoms with Crippen LogP contribution < -0.4 is 10.2 Å². The largest absolute Gasteiger partial charge is 0.488 e. The fraction of sp³-hybridized carbons (Fsp3) is 0.0625. The van der Waals surface area contributed by atoms with Gasteiger partial charge in [-0.2, -0.15) is 5.10 Å². The van der Waals surface area contributed by atoms with Crippen molar-refractivity contribution in [2.24, 2.45) is 5.10 Å². The van der Waals surface area contributed by atoms with E-state index in [1.165, 1.54) is 0 Å². The Balaban J connectivity index is 1.21. The van der Waals surface area contributed by atoms with E-state index in [1.807, 2.05) is 54.6 Å². The molecule has 5 rings (SSSR count). The summed E-state index contributed by atoms with van der Waals surface area (Å²) in [6.45, 7) is 2.39. The number of aromatic nitrogens is 1. The average molecular weight is 680 g/mol. The monoisotopic (exact) mass is 679 g/mol. The van der Waals surface area contributed by atoms with Crippen molar-refractivity contribution >= 4 is 57.9 Å². The van der Waals surface area contributed by atoms with E-state index in [-0.39, 0.29) is 5.91 Å². The minimum atomic E-state index is -0.287. The first-order valence-electron chi connectivity index (χ1n) is 12.4. The summed E-state index contributed by atoms with van der Waals surface area (Å²) in [5.41, 5.74) is 9.13. The molecule has 1 heterocycles. The molecular formula is C32H24Cl2IN3O2. The van der Waals surface area contributed by atoms with E-state index in [4.69, 9.17) is 27.9 Å². The summed E-state index contributed by atoms with van der Waals surface area (Å²) in [7, 11) is 0. The lowest BCUT2D eigenvalue weighted by molar-refractivity contribution is 0.0955. The van der Waals surface area contributed by atoms with Gasteiger partial charge in [-0.15, -0.1) is 0 Å². The summed E-state index contributed by atoms with van der Waals surface area (Å²) < 4.78 is 9.01. The molecule has 0 atom stereocenters. The van der Waals surface area contributed by atoms with Gasteiger partial charge in [-0.05, 0) is 107 Å². The normalized spacial score (nSPS) is 11.1. The average Bonchev–Trinajstić information content (AvgIpc) is 3.35. The molecule has 1 N–H and O–H groups in total. The number of rotatable bonds is 8. The van der Waals surface area contributed by atoms with Crippen LogP contribution in [0, 0.1) is 10.5 Å². The van der Waals surface area contributed by atoms with E-state index < -0.39 is 0 Å². The SMILES string of the molecule is Cc1ccc(-c2ccccc2)n1-c1ccc(C(=O)N/N=C/c2ccc(OCc3ccc(Cl)cc3Cl)c(I)c2)cc1. The highest BCUT2D eigenvalue weighted by atomic mass is 127. The molecule has 200 valence electrons. The molecule has 1 aromatic heterocycles. The predicted octanol–water partition coefficient (Wildman–Crippen LogP) is 8.71. The lowest BCUT2D eigenvalue weighted by Gasteiger charge is -2.12. The molecule has 0 spiro atoms. The van der Waals surface area contributed by atoms with Crippen molar-refractivity contribution in [1.82, 2.24) is 9.99 Å². The number of halogens is 3. The summed E-state index contributed by atoms with van der Waals surface area (Å²) in [5, 5.41) is 5.29. The minimum absolute atomic E-state index is 0.287. The van der Waals surface area contributed by atoms with E-state index in [1.54, 1.807) is 30.5 Å². The number of hydrogen-bond acceptors (Lipinski definition) is 3. The van der Waals surface area contributed by atoms with E-state index >= 15 is 0 Å². The third-order valence-corrected chi connectivity index (χ3v) is 7.70. The molecule has 0 aliphatic rings. The van der Waals surface area contributed by atoms with Crippen LogP contribution in [-0.2, 0) is 6.61 Å². The zero-order valence-electron chi connectivity index (χ0n) is 21.4. The number of carbonyl (C=O) groups is 1. The number of nitrogens with one attached hydrogen (secondary N) is 1. The lowest BCUT2D eigenvalue weighted by atomic mass is 10.1. The van der Waals surface area contributed by atoms with E-state index in [2.05, 4.69) is 68.9 Å². The van der Waals surface area contributed by atoms with E-state index in [0.717, 1.165) is 43.1 Å². The van der Waals surface area contributed by atoms with Gasteiger partial charge in [0.2, 0.25) is 0 Å². The molecule has 4 aromatic carbocycles. The van der Waals surface area contributed by atoms with Gasteiger partial charge in [0.05, 0.1) is 15.5 Å². The minimum Gasteiger partial charge on any atom is -0.488 e. The molecule has 0 unspecified atom stereocenters. The first-order chi connectivity index (χ1) is 19.4. The Bertz CT molecular complexity index is 1680. The van der Waals surface area contributed by atoms with Gasteiger partial charge in [0.25, 0.3) is 5.91 Å². The van der Waals surface area contributed by atoms with Crippen molar-refractivity contribution in [3.8, 4) is 22.7 Å². The first kappa shape index (κ1) is 28.0. The molecule has 40 heavy (non-hydrogen) atoms. The van der Waals surface area contributed by atoms with Gasteiger partial charge in [0, 0.05) is 32.6 Å². The van der Waals surface area contributed by atoms with Crippen molar-refractivity contribution < 1.29 is 9.53 Å². The summed E-state index contributed by atoms with van der Waals surface area (Å²) in [4.78, 5) is 12.7. The maximum atomic E-state index is 12.7. The molecular weight excluding hydrogens is 656 g/mol. The Kier molecular flexibility index (Phi) is 8.89. The van der Waals surface area contributed by atoms with E-state index in [9.17, 15) is 4.79 Å². The van der Waals surface area contributed by atoms with Gasteiger partial charge in [-0.3, -0.25) is 4.79 Å². The van der Waals surface area contributed by atoms with Gasteiger partial charge in [-0.1, -0.05) is 59.6 Å². The maximum Gasteiger partial charge on any atom is 0.271 e. The van der Waals surface area contributed by atoms with Crippen LogP contribution in [0.15, 0.2) is 108 Å². The fourth-order valence-electron chi connectivity index (χ4n) is 4.22. The molecule has 5 aromatic rings. The molecule has 0 aliphatic carbocycles. The summed E-state index contributed by atoms with van der Waals surface area (Å²) >= 11 is 14.4. The molecule has 0 bridgehead atoms. The zero-order valence-corrected chi connectivity index (χ0v) is 25.1. The van der Waals surface area contributed by atoms with Gasteiger partial charge in [0.15, 0.2) is 0 Å². The van der Waals surface area contributed by atoms with Gasteiger partial charge in [0.1, 0.15) is 12.4 Å². The number of benzene rings is 4. The molecule has 0 saturated heterocycles. The van der Waals surface area contributed by atoms with Crippen molar-refractivity contribution in [3.63, 3.8) is 0 Å². The molecule has 0 aliphatic heterocycles. The van der Waals surface area contributed by atoms with Crippen LogP contribution in [0.2, 0.25) is 10.0 Å². The molecule has 1 amide bonds. The van der Waals surface area contributed by atoms with Crippen molar-refractivity contribution in [2.75, 3.05) is 0 Å². The van der Waals surface area contributed by atoms with Gasteiger partial charge >= 0.3 is 0 Å². The lowest BCUT2D eigenvalue weighted by Crippen LogP contribution is -2.17. The highest BCUT2D eigenvalue weighted by molar-refractivity contribution is 14.1. The number of hydrogen-bond donors (Lipinski definition) is 1. The second-order valence-corrected chi connectivity index (χ2v) is 11.0. The molecule has 5 nitrogen and oxygen atoms in total. The zero-order chi connectivity index (χ0) is 28.1. The quantitative estimate of drug-likeness (QED) is 0.101. The number of amides is 1. The molecule has 0 fully saturated rings. The van der Waals surface area contributed by atoms with Crippen LogP contribution in [0.5, 0.6) is 5.75 Å². The summed E-state index contributed by atoms with van der Waals surface area (Å²) in [6, 6.07) is 32.9. The van der Waals surface area contributed by atoms with E-state index in [0.29, 0.717) is 22.2 Å². The van der Waals surface area contributed by atoms with Crippen molar-refractivity contribution in [1.29, 1.82) is 0 Å². The van der Waals surface area contributed by atoms with Crippen LogP contribution in [0.4, 0.5) is 0 Å². The number of ether oxygens (including phenoxy) is 1. The van der Waals surface area contributed by atoms with Gasteiger partial charge in [-0.25, -0.2) is 5.43 Å². The molecule has 0 radical (unpaired) electrons. The summed E-state index contributed by atoms with van der Waals surface area (Å²) in [6.07, 6.45) is 1.60. The van der Waals surface area contributed by atoms with Crippen molar-refractivity contribution in [2.45, 2.75) is 13.5 Å². The smallest absolute Gasteiger partial charge is 0.271 e. The Morgan fingerprint density at radius 2 is 1.73 bits per heavy atom. The predicted molar refractivity (Wildman–Crippen MR) is 171 cm³/mol. The number of nitrogens with zero attached hydrogens (tertiary/aromatic N) is 2. The van der Waals surface area contributed by atoms with Crippen LogP contribution in [-0.4, -0.2) is 16.7 Å². The maximum absolute atomic E-state index is 12.7. The fourth-order valence-corrected chi connectivity index (χ4v) is 5.37.